The average Bonchev–Trinajstić information content (AvgIpc) is 2.43. The lowest BCUT2D eigenvalue weighted by molar-refractivity contribution is -0.384. The number of nitro benzene ring substituents is 1. The van der Waals surface area contributed by atoms with E-state index in [1.807, 2.05) is 0 Å². The van der Waals surface area contributed by atoms with E-state index in [0.717, 1.165) is 12.1 Å². The average molecular weight is 265 g/mol. The number of benzene rings is 1. The first kappa shape index (κ1) is 14.4. The summed E-state index contributed by atoms with van der Waals surface area (Å²) in [5, 5.41) is 10.7. The number of nitrogens with zero attached hydrogens (tertiary/aromatic N) is 1. The van der Waals surface area contributed by atoms with E-state index in [2.05, 4.69) is 9.47 Å². The summed E-state index contributed by atoms with van der Waals surface area (Å²) in [5.41, 5.74) is 0.0774. The first-order valence-electron chi connectivity index (χ1n) is 5.11. The lowest BCUT2D eigenvalue weighted by atomic mass is 10.1. The molecule has 1 rings (SSSR count). The summed E-state index contributed by atoms with van der Waals surface area (Å²) in [6.07, 6.45) is 2.41. The summed E-state index contributed by atoms with van der Waals surface area (Å²) in [5.74, 6) is -1.30. The van der Waals surface area contributed by atoms with E-state index >= 15 is 0 Å². The van der Waals surface area contributed by atoms with Crippen molar-refractivity contribution in [2.75, 3.05) is 14.2 Å². The fourth-order valence-electron chi connectivity index (χ4n) is 1.30. The summed E-state index contributed by atoms with van der Waals surface area (Å²) in [6.45, 7) is 0. The van der Waals surface area contributed by atoms with Crippen molar-refractivity contribution < 1.29 is 24.0 Å². The van der Waals surface area contributed by atoms with Crippen LogP contribution in [0.3, 0.4) is 0 Å². The number of hydrogen-bond acceptors (Lipinski definition) is 6. The number of non-ortho nitro benzene ring substituents is 1. The molecule has 0 aromatic heterocycles. The Morgan fingerprint density at radius 1 is 1.21 bits per heavy atom. The van der Waals surface area contributed by atoms with Crippen LogP contribution < -0.4 is 0 Å². The van der Waals surface area contributed by atoms with Crippen LogP contribution in [-0.2, 0) is 14.3 Å². The summed E-state index contributed by atoms with van der Waals surface area (Å²) in [6, 6.07) is 3.70. The molecule has 0 aliphatic carbocycles. The fourth-order valence-corrected chi connectivity index (χ4v) is 1.30. The first-order chi connectivity index (χ1) is 8.97. The van der Waals surface area contributed by atoms with Crippen LogP contribution in [0.5, 0.6) is 0 Å². The summed E-state index contributed by atoms with van der Waals surface area (Å²) >= 11 is 0. The predicted octanol–water partition coefficient (Wildman–Crippen LogP) is 1.57. The Hall–Kier alpha value is -2.70. The van der Waals surface area contributed by atoms with Gasteiger partial charge in [0, 0.05) is 18.2 Å². The summed E-state index contributed by atoms with van der Waals surface area (Å²) in [7, 11) is 2.38. The number of carbonyl (C=O) groups is 2. The van der Waals surface area contributed by atoms with Gasteiger partial charge in [-0.1, -0.05) is 0 Å². The van der Waals surface area contributed by atoms with Crippen molar-refractivity contribution in [1.29, 1.82) is 0 Å². The molecule has 0 amide bonds. The quantitative estimate of drug-likeness (QED) is 0.355. The van der Waals surface area contributed by atoms with Crippen molar-refractivity contribution in [3.63, 3.8) is 0 Å². The van der Waals surface area contributed by atoms with Crippen LogP contribution in [0.2, 0.25) is 0 Å². The van der Waals surface area contributed by atoms with Gasteiger partial charge in [0.05, 0.1) is 24.7 Å². The van der Waals surface area contributed by atoms with Crippen molar-refractivity contribution in [3.8, 4) is 0 Å². The molecule has 7 nitrogen and oxygen atoms in total. The maximum absolute atomic E-state index is 11.4. The summed E-state index contributed by atoms with van der Waals surface area (Å²) in [4.78, 5) is 32.4. The number of methoxy groups -OCH3 is 2. The standard InChI is InChI=1S/C12H11NO6/c1-18-11(14)4-3-8-5-9(12(15)19-2)7-10(6-8)13(16)17/h3-7H,1-2H3. The third-order valence-corrected chi connectivity index (χ3v) is 2.19. The maximum atomic E-state index is 11.4. The SMILES string of the molecule is COC(=O)C=Cc1cc(C(=O)OC)cc([N+](=O)[O-])c1. The minimum atomic E-state index is -0.698. The number of carbonyl (C=O) groups excluding carboxylic acids is 2. The molecule has 0 N–H and O–H groups in total. The summed E-state index contributed by atoms with van der Waals surface area (Å²) < 4.78 is 8.89. The smallest absolute Gasteiger partial charge is 0.338 e. The maximum Gasteiger partial charge on any atom is 0.338 e. The second-order valence-corrected chi connectivity index (χ2v) is 3.42. The molecule has 7 heteroatoms. The Bertz CT molecular complexity index is 549. The highest BCUT2D eigenvalue weighted by molar-refractivity contribution is 5.92. The highest BCUT2D eigenvalue weighted by Crippen LogP contribution is 2.19. The van der Waals surface area contributed by atoms with Gasteiger partial charge in [-0.15, -0.1) is 0 Å². The van der Waals surface area contributed by atoms with E-state index in [4.69, 9.17) is 0 Å². The van der Waals surface area contributed by atoms with Gasteiger partial charge in [-0.25, -0.2) is 9.59 Å². The molecule has 0 saturated heterocycles. The fraction of sp³-hybridized carbons (Fsp3) is 0.167. The van der Waals surface area contributed by atoms with Crippen molar-refractivity contribution >= 4 is 23.7 Å². The normalized spacial score (nSPS) is 10.2. The zero-order valence-electron chi connectivity index (χ0n) is 10.3. The minimum absolute atomic E-state index is 0.0289. The lowest BCUT2D eigenvalue weighted by Gasteiger charge is -2.01. The second kappa shape index (κ2) is 6.29. The molecule has 19 heavy (non-hydrogen) atoms. The van der Waals surface area contributed by atoms with Gasteiger partial charge < -0.3 is 9.47 Å². The third-order valence-electron chi connectivity index (χ3n) is 2.19. The van der Waals surface area contributed by atoms with Crippen LogP contribution in [0, 0.1) is 10.1 Å². The molecule has 0 aliphatic heterocycles. The van der Waals surface area contributed by atoms with Crippen LogP contribution in [-0.4, -0.2) is 31.1 Å². The van der Waals surface area contributed by atoms with Gasteiger partial charge in [-0.3, -0.25) is 10.1 Å². The molecule has 1 aromatic carbocycles. The Balaban J connectivity index is 3.20. The zero-order chi connectivity index (χ0) is 14.4. The second-order valence-electron chi connectivity index (χ2n) is 3.42. The Morgan fingerprint density at radius 3 is 2.42 bits per heavy atom. The van der Waals surface area contributed by atoms with Gasteiger partial charge in [0.25, 0.3) is 5.69 Å². The third kappa shape index (κ3) is 3.91. The monoisotopic (exact) mass is 265 g/mol. The molecule has 0 heterocycles. The molecule has 0 spiro atoms. The number of ether oxygens (including phenoxy) is 2. The van der Waals surface area contributed by atoms with E-state index < -0.39 is 16.9 Å². The van der Waals surface area contributed by atoms with Crippen LogP contribution in [0.25, 0.3) is 6.08 Å². The molecule has 0 bridgehead atoms. The molecule has 0 radical (unpaired) electrons. The Labute approximate surface area is 108 Å². The molecule has 0 fully saturated rings. The van der Waals surface area contributed by atoms with Crippen molar-refractivity contribution in [2.45, 2.75) is 0 Å². The number of rotatable bonds is 4. The lowest BCUT2D eigenvalue weighted by Crippen LogP contribution is -2.03. The number of nitro groups is 1. The van der Waals surface area contributed by atoms with Gasteiger partial charge in [-0.05, 0) is 17.7 Å². The molecule has 1 aromatic rings. The number of hydrogen-bond donors (Lipinski definition) is 0. The van der Waals surface area contributed by atoms with Crippen LogP contribution in [0.15, 0.2) is 24.3 Å². The van der Waals surface area contributed by atoms with Crippen LogP contribution in [0.4, 0.5) is 5.69 Å². The van der Waals surface area contributed by atoms with Crippen molar-refractivity contribution in [3.05, 3.63) is 45.5 Å². The Kier molecular flexibility index (Phi) is 4.76. The van der Waals surface area contributed by atoms with E-state index in [1.165, 1.54) is 32.4 Å². The molecular formula is C12H11NO6. The highest BCUT2D eigenvalue weighted by atomic mass is 16.6. The molecule has 0 unspecified atom stereocenters. The van der Waals surface area contributed by atoms with Crippen molar-refractivity contribution in [2.24, 2.45) is 0 Å². The Morgan fingerprint density at radius 2 is 1.89 bits per heavy atom. The van der Waals surface area contributed by atoms with Gasteiger partial charge in [0.15, 0.2) is 0 Å². The zero-order valence-corrected chi connectivity index (χ0v) is 10.3. The largest absolute Gasteiger partial charge is 0.466 e. The number of esters is 2. The van der Waals surface area contributed by atoms with Gasteiger partial charge in [0.2, 0.25) is 0 Å². The van der Waals surface area contributed by atoms with Gasteiger partial charge in [0.1, 0.15) is 0 Å². The molecular weight excluding hydrogens is 254 g/mol. The van der Waals surface area contributed by atoms with E-state index in [0.29, 0.717) is 5.56 Å². The van der Waals surface area contributed by atoms with Gasteiger partial charge in [-0.2, -0.15) is 0 Å². The van der Waals surface area contributed by atoms with Crippen molar-refractivity contribution in [1.82, 2.24) is 0 Å². The molecule has 0 atom stereocenters. The molecule has 100 valence electrons. The van der Waals surface area contributed by atoms with E-state index in [9.17, 15) is 19.7 Å². The predicted molar refractivity (Wildman–Crippen MR) is 65.5 cm³/mol. The van der Waals surface area contributed by atoms with Crippen LogP contribution in [0.1, 0.15) is 15.9 Å². The van der Waals surface area contributed by atoms with Crippen LogP contribution >= 0.6 is 0 Å². The van der Waals surface area contributed by atoms with E-state index in [1.54, 1.807) is 0 Å². The first-order valence-corrected chi connectivity index (χ1v) is 5.11. The topological polar surface area (TPSA) is 95.7 Å². The van der Waals surface area contributed by atoms with E-state index in [-0.39, 0.29) is 11.3 Å². The van der Waals surface area contributed by atoms with Gasteiger partial charge >= 0.3 is 11.9 Å². The molecule has 0 aliphatic rings. The molecule has 0 saturated carbocycles. The highest BCUT2D eigenvalue weighted by Gasteiger charge is 2.14. The minimum Gasteiger partial charge on any atom is -0.466 e.